The molecular formula is C27H28ClFN4O2S. The Hall–Kier alpha value is -2.81. The maximum Gasteiger partial charge on any atom is 0.268 e. The average Bonchev–Trinajstić information content (AvgIpc) is 3.53. The molecule has 6 nitrogen and oxygen atoms in total. The predicted octanol–water partition coefficient (Wildman–Crippen LogP) is 4.57. The van der Waals surface area contributed by atoms with Crippen molar-refractivity contribution in [3.05, 3.63) is 86.1 Å². The van der Waals surface area contributed by atoms with Crippen LogP contribution < -0.4 is 5.73 Å². The van der Waals surface area contributed by atoms with Gasteiger partial charge in [-0.3, -0.25) is 9.59 Å². The Labute approximate surface area is 218 Å². The van der Waals surface area contributed by atoms with Gasteiger partial charge in [0.05, 0.1) is 15.6 Å². The summed E-state index contributed by atoms with van der Waals surface area (Å²) in [7, 11) is 0. The molecule has 5 rings (SSSR count). The van der Waals surface area contributed by atoms with Gasteiger partial charge < -0.3 is 15.5 Å². The number of hydrogen-bond donors (Lipinski definition) is 1. The molecule has 0 spiro atoms. The lowest BCUT2D eigenvalue weighted by atomic mass is 9.92. The number of primary amides is 1. The Bertz CT molecular complexity index is 1250. The van der Waals surface area contributed by atoms with Gasteiger partial charge in [-0.05, 0) is 49.4 Å². The van der Waals surface area contributed by atoms with Gasteiger partial charge in [0.25, 0.3) is 11.8 Å². The number of benzene rings is 2. The number of amides is 2. The normalized spacial score (nSPS) is 20.5. The summed E-state index contributed by atoms with van der Waals surface area (Å²) >= 11 is 7.65. The highest BCUT2D eigenvalue weighted by Crippen LogP contribution is 2.37. The highest BCUT2D eigenvalue weighted by molar-refractivity contribution is 7.12. The van der Waals surface area contributed by atoms with E-state index in [-0.39, 0.29) is 22.4 Å². The first kappa shape index (κ1) is 24.9. The average molecular weight is 527 g/mol. The van der Waals surface area contributed by atoms with E-state index in [0.29, 0.717) is 30.6 Å². The Balaban J connectivity index is 1.25. The van der Waals surface area contributed by atoms with Crippen LogP contribution in [0.25, 0.3) is 0 Å². The number of thiazole rings is 1. The van der Waals surface area contributed by atoms with Crippen molar-refractivity contribution in [1.29, 1.82) is 0 Å². The van der Waals surface area contributed by atoms with Gasteiger partial charge >= 0.3 is 0 Å². The number of halogens is 2. The van der Waals surface area contributed by atoms with Gasteiger partial charge in [0.2, 0.25) is 0 Å². The van der Waals surface area contributed by atoms with E-state index in [0.717, 1.165) is 41.5 Å². The Kier molecular flexibility index (Phi) is 7.10. The molecule has 0 bridgehead atoms. The minimum absolute atomic E-state index is 0.0293. The van der Waals surface area contributed by atoms with Crippen LogP contribution in [0.3, 0.4) is 0 Å². The second-order valence-electron chi connectivity index (χ2n) is 9.65. The van der Waals surface area contributed by atoms with Crippen molar-refractivity contribution in [3.63, 3.8) is 0 Å². The number of carbonyl (C=O) groups excluding carboxylic acids is 2. The molecule has 2 amide bonds. The lowest BCUT2D eigenvalue weighted by molar-refractivity contribution is 0.0769. The second-order valence-corrected chi connectivity index (χ2v) is 11.3. The molecule has 3 heterocycles. The summed E-state index contributed by atoms with van der Waals surface area (Å²) in [5.74, 6) is -0.676. The fourth-order valence-electron chi connectivity index (χ4n) is 5.60. The lowest BCUT2D eigenvalue weighted by Crippen LogP contribution is -2.34. The molecule has 2 aliphatic rings. The zero-order valence-electron chi connectivity index (χ0n) is 20.0. The van der Waals surface area contributed by atoms with Crippen molar-refractivity contribution in [2.45, 2.75) is 19.3 Å². The molecule has 2 aromatic carbocycles. The summed E-state index contributed by atoms with van der Waals surface area (Å²) in [6.45, 7) is 5.72. The minimum atomic E-state index is -0.577. The second kappa shape index (κ2) is 10.3. The largest absolute Gasteiger partial charge is 0.364 e. The Morgan fingerprint density at radius 2 is 1.81 bits per heavy atom. The van der Waals surface area contributed by atoms with Gasteiger partial charge in [-0.1, -0.05) is 48.0 Å². The van der Waals surface area contributed by atoms with Crippen molar-refractivity contribution < 1.29 is 14.0 Å². The smallest absolute Gasteiger partial charge is 0.268 e. The van der Waals surface area contributed by atoms with Crippen LogP contribution in [-0.2, 0) is 0 Å². The topological polar surface area (TPSA) is 79.5 Å². The maximum absolute atomic E-state index is 14.3. The molecule has 0 saturated carbocycles. The molecule has 2 N–H and O–H groups in total. The van der Waals surface area contributed by atoms with Crippen LogP contribution in [-0.4, -0.2) is 59.3 Å². The van der Waals surface area contributed by atoms with Crippen molar-refractivity contribution in [2.75, 3.05) is 32.7 Å². The molecule has 36 heavy (non-hydrogen) atoms. The zero-order valence-corrected chi connectivity index (χ0v) is 21.6. The minimum Gasteiger partial charge on any atom is -0.364 e. The van der Waals surface area contributed by atoms with Crippen LogP contribution in [0.5, 0.6) is 0 Å². The highest BCUT2D eigenvalue weighted by atomic mass is 35.5. The van der Waals surface area contributed by atoms with Crippen LogP contribution >= 0.6 is 22.9 Å². The van der Waals surface area contributed by atoms with Gasteiger partial charge in [0.1, 0.15) is 11.5 Å². The summed E-state index contributed by atoms with van der Waals surface area (Å²) < 4.78 is 14.3. The van der Waals surface area contributed by atoms with Crippen LogP contribution in [0.15, 0.2) is 48.5 Å². The fraction of sp³-hybridized carbons (Fsp3) is 0.370. The summed E-state index contributed by atoms with van der Waals surface area (Å²) in [4.78, 5) is 34.5. The number of rotatable bonds is 7. The number of likely N-dealkylation sites (tertiary alicyclic amines) is 2. The van der Waals surface area contributed by atoms with Crippen molar-refractivity contribution >= 4 is 34.8 Å². The number of nitrogens with zero attached hydrogens (tertiary/aromatic N) is 3. The number of nitrogens with two attached hydrogens (primary N) is 1. The highest BCUT2D eigenvalue weighted by Gasteiger charge is 2.42. The van der Waals surface area contributed by atoms with Crippen molar-refractivity contribution in [3.8, 4) is 0 Å². The summed E-state index contributed by atoms with van der Waals surface area (Å²) in [5.41, 5.74) is 7.12. The van der Waals surface area contributed by atoms with Gasteiger partial charge in [-0.25, -0.2) is 9.37 Å². The van der Waals surface area contributed by atoms with Crippen molar-refractivity contribution in [2.24, 2.45) is 17.6 Å². The van der Waals surface area contributed by atoms with E-state index in [9.17, 15) is 14.0 Å². The zero-order chi connectivity index (χ0) is 25.4. The SMILES string of the molecule is Cc1nc(C(N)=O)c([C@@H](CCN2CC3CN(C(=O)c4c(F)cccc4Cl)CC3C2)c2ccccc2)s1. The number of aromatic nitrogens is 1. The summed E-state index contributed by atoms with van der Waals surface area (Å²) in [6.07, 6.45) is 0.832. The molecule has 2 unspecified atom stereocenters. The van der Waals surface area contributed by atoms with Gasteiger partial charge in [0.15, 0.2) is 0 Å². The lowest BCUT2D eigenvalue weighted by Gasteiger charge is -2.24. The van der Waals surface area contributed by atoms with Gasteiger partial charge in [-0.15, -0.1) is 11.3 Å². The standard InChI is InChI=1S/C27H28ClFN4O2S/c1-16-31-24(26(30)34)25(36-16)20(17-6-3-2-4-7-17)10-11-32-12-18-14-33(15-19(18)13-32)27(35)23-21(28)8-5-9-22(23)29/h2-9,18-20H,10-15H2,1H3,(H2,30,34)/t18?,19?,20-/m0/s1. The molecule has 1 aromatic heterocycles. The first-order valence-electron chi connectivity index (χ1n) is 12.1. The third kappa shape index (κ3) is 4.90. The maximum atomic E-state index is 14.3. The fourth-order valence-corrected chi connectivity index (χ4v) is 6.94. The van der Waals surface area contributed by atoms with E-state index in [1.54, 1.807) is 11.0 Å². The third-order valence-electron chi connectivity index (χ3n) is 7.27. The monoisotopic (exact) mass is 526 g/mol. The summed E-state index contributed by atoms with van der Waals surface area (Å²) in [6, 6.07) is 14.5. The molecule has 2 fully saturated rings. The van der Waals surface area contributed by atoms with Crippen LogP contribution in [0.1, 0.15) is 48.6 Å². The molecule has 188 valence electrons. The van der Waals surface area contributed by atoms with Gasteiger partial charge in [-0.2, -0.15) is 0 Å². The van der Waals surface area contributed by atoms with Gasteiger partial charge in [0, 0.05) is 37.0 Å². The van der Waals surface area contributed by atoms with E-state index >= 15 is 0 Å². The Morgan fingerprint density at radius 3 is 2.44 bits per heavy atom. The van der Waals surface area contributed by atoms with E-state index in [1.807, 2.05) is 25.1 Å². The predicted molar refractivity (Wildman–Crippen MR) is 139 cm³/mol. The molecule has 3 atom stereocenters. The number of aryl methyl sites for hydroxylation is 1. The Morgan fingerprint density at radius 1 is 1.11 bits per heavy atom. The third-order valence-corrected chi connectivity index (χ3v) is 8.67. The quantitative estimate of drug-likeness (QED) is 0.489. The number of fused-ring (bicyclic) bond motifs is 1. The number of hydrogen-bond acceptors (Lipinski definition) is 5. The van der Waals surface area contributed by atoms with Crippen LogP contribution in [0, 0.1) is 24.6 Å². The molecule has 0 radical (unpaired) electrons. The summed E-state index contributed by atoms with van der Waals surface area (Å²) in [5, 5.41) is 0.981. The van der Waals surface area contributed by atoms with Crippen LogP contribution in [0.2, 0.25) is 5.02 Å². The molecule has 0 aliphatic carbocycles. The van der Waals surface area contributed by atoms with Crippen LogP contribution in [0.4, 0.5) is 4.39 Å². The van der Waals surface area contributed by atoms with E-state index in [2.05, 4.69) is 22.0 Å². The molecule has 9 heteroatoms. The molecule has 2 aliphatic heterocycles. The van der Waals surface area contributed by atoms with E-state index in [1.165, 1.54) is 23.5 Å². The molecular weight excluding hydrogens is 499 g/mol. The number of carbonyl (C=O) groups is 2. The van der Waals surface area contributed by atoms with Crippen molar-refractivity contribution in [1.82, 2.24) is 14.8 Å². The first-order chi connectivity index (χ1) is 17.3. The van der Waals surface area contributed by atoms with E-state index in [4.69, 9.17) is 17.3 Å². The van der Waals surface area contributed by atoms with E-state index < -0.39 is 11.7 Å². The molecule has 2 saturated heterocycles. The first-order valence-corrected chi connectivity index (χ1v) is 13.3. The molecule has 3 aromatic rings.